The van der Waals surface area contributed by atoms with Crippen molar-refractivity contribution in [2.24, 2.45) is 17.8 Å². The van der Waals surface area contributed by atoms with Gasteiger partial charge >= 0.3 is 0 Å². The van der Waals surface area contributed by atoms with Crippen LogP contribution in [0.25, 0.3) is 0 Å². The topological polar surface area (TPSA) is 29.1 Å². The molecule has 19 heavy (non-hydrogen) atoms. The van der Waals surface area contributed by atoms with E-state index in [-0.39, 0.29) is 5.91 Å². The molecule has 2 nitrogen and oxygen atoms in total. The van der Waals surface area contributed by atoms with Crippen LogP contribution in [0.2, 0.25) is 10.0 Å². The van der Waals surface area contributed by atoms with E-state index in [1.54, 1.807) is 18.2 Å². The van der Waals surface area contributed by atoms with Gasteiger partial charge in [-0.3, -0.25) is 4.79 Å². The molecule has 1 amide bonds. The van der Waals surface area contributed by atoms with Gasteiger partial charge in [-0.2, -0.15) is 0 Å². The van der Waals surface area contributed by atoms with Gasteiger partial charge in [0.25, 0.3) is 5.91 Å². The molecular formula is C15H21Cl2NO. The molecule has 106 valence electrons. The lowest BCUT2D eigenvalue weighted by molar-refractivity contribution is 0.0937. The van der Waals surface area contributed by atoms with Crippen molar-refractivity contribution in [1.29, 1.82) is 0 Å². The van der Waals surface area contributed by atoms with Crippen LogP contribution in [0, 0.1) is 17.8 Å². The highest BCUT2D eigenvalue weighted by atomic mass is 35.5. The molecule has 0 saturated heterocycles. The molecule has 0 unspecified atom stereocenters. The van der Waals surface area contributed by atoms with Crippen LogP contribution in [-0.4, -0.2) is 12.5 Å². The molecule has 0 heterocycles. The Labute approximate surface area is 125 Å². The summed E-state index contributed by atoms with van der Waals surface area (Å²) in [5.74, 6) is 1.32. The maximum absolute atomic E-state index is 12.1. The van der Waals surface area contributed by atoms with Crippen molar-refractivity contribution in [3.05, 3.63) is 33.8 Å². The second-order valence-electron chi connectivity index (χ2n) is 5.46. The molecule has 0 spiro atoms. The third-order valence-corrected chi connectivity index (χ3v) is 4.23. The van der Waals surface area contributed by atoms with Crippen LogP contribution in [0.1, 0.15) is 38.1 Å². The fraction of sp³-hybridized carbons (Fsp3) is 0.533. The Balaban J connectivity index is 2.72. The molecule has 0 atom stereocenters. The largest absolute Gasteiger partial charge is 0.352 e. The van der Waals surface area contributed by atoms with Crippen molar-refractivity contribution in [3.63, 3.8) is 0 Å². The Bertz CT molecular complexity index is 436. The summed E-state index contributed by atoms with van der Waals surface area (Å²) in [5, 5.41) is 3.66. The molecular weight excluding hydrogens is 281 g/mol. The number of carbonyl (C=O) groups excluding carboxylic acids is 1. The molecule has 1 aromatic carbocycles. The van der Waals surface area contributed by atoms with Crippen LogP contribution in [-0.2, 0) is 0 Å². The van der Waals surface area contributed by atoms with Gasteiger partial charge in [0.2, 0.25) is 0 Å². The number of nitrogens with one attached hydrogen (secondary N) is 1. The summed E-state index contributed by atoms with van der Waals surface area (Å²) in [6, 6.07) is 5.08. The van der Waals surface area contributed by atoms with Crippen LogP contribution in [0.4, 0.5) is 0 Å². The predicted molar refractivity (Wildman–Crippen MR) is 82.0 cm³/mol. The third-order valence-electron chi connectivity index (χ3n) is 3.41. The Morgan fingerprint density at radius 3 is 2.26 bits per heavy atom. The van der Waals surface area contributed by atoms with Gasteiger partial charge in [-0.15, -0.1) is 0 Å². The quantitative estimate of drug-likeness (QED) is 0.842. The van der Waals surface area contributed by atoms with E-state index >= 15 is 0 Å². The minimum absolute atomic E-state index is 0.168. The molecule has 1 N–H and O–H groups in total. The Morgan fingerprint density at radius 2 is 1.74 bits per heavy atom. The number of benzene rings is 1. The minimum atomic E-state index is -0.168. The summed E-state index contributed by atoms with van der Waals surface area (Å²) in [6.07, 6.45) is 0. The van der Waals surface area contributed by atoms with Gasteiger partial charge < -0.3 is 5.32 Å². The maximum atomic E-state index is 12.1. The average molecular weight is 302 g/mol. The molecule has 0 fully saturated rings. The van der Waals surface area contributed by atoms with E-state index in [4.69, 9.17) is 23.2 Å². The van der Waals surface area contributed by atoms with Gasteiger partial charge in [-0.25, -0.2) is 0 Å². The van der Waals surface area contributed by atoms with Gasteiger partial charge in [0, 0.05) is 6.54 Å². The lowest BCUT2D eigenvalue weighted by Gasteiger charge is -2.25. The van der Waals surface area contributed by atoms with E-state index in [2.05, 4.69) is 33.0 Å². The number of amides is 1. The number of halogens is 2. The third kappa shape index (κ3) is 4.39. The predicted octanol–water partition coefficient (Wildman–Crippen LogP) is 4.65. The second-order valence-corrected chi connectivity index (χ2v) is 6.25. The summed E-state index contributed by atoms with van der Waals surface area (Å²) in [4.78, 5) is 12.1. The van der Waals surface area contributed by atoms with Gasteiger partial charge in [-0.1, -0.05) is 57.0 Å². The standard InChI is InChI=1S/C15H21Cl2NO/c1-9(2)12(10(3)4)8-18-15(19)11-6-5-7-13(16)14(11)17/h5-7,9-10,12H,8H2,1-4H3,(H,18,19). The van der Waals surface area contributed by atoms with Crippen LogP contribution in [0.5, 0.6) is 0 Å². The number of hydrogen-bond acceptors (Lipinski definition) is 1. The van der Waals surface area contributed by atoms with E-state index in [1.165, 1.54) is 0 Å². The minimum Gasteiger partial charge on any atom is -0.352 e. The first-order chi connectivity index (χ1) is 8.84. The van der Waals surface area contributed by atoms with Crippen molar-refractivity contribution < 1.29 is 4.79 Å². The van der Waals surface area contributed by atoms with Crippen molar-refractivity contribution in [2.45, 2.75) is 27.7 Å². The number of rotatable bonds is 5. The van der Waals surface area contributed by atoms with E-state index in [0.29, 0.717) is 39.9 Å². The van der Waals surface area contributed by atoms with E-state index in [0.717, 1.165) is 0 Å². The monoisotopic (exact) mass is 301 g/mol. The Morgan fingerprint density at radius 1 is 1.16 bits per heavy atom. The molecule has 1 rings (SSSR count). The summed E-state index contributed by atoms with van der Waals surface area (Å²) in [6.45, 7) is 9.33. The smallest absolute Gasteiger partial charge is 0.252 e. The molecule has 0 aliphatic carbocycles. The van der Waals surface area contributed by atoms with Gasteiger partial charge in [-0.05, 0) is 29.9 Å². The highest BCUT2D eigenvalue weighted by molar-refractivity contribution is 6.43. The number of carbonyl (C=O) groups is 1. The van der Waals surface area contributed by atoms with Crippen molar-refractivity contribution in [2.75, 3.05) is 6.54 Å². The lowest BCUT2D eigenvalue weighted by Crippen LogP contribution is -2.34. The van der Waals surface area contributed by atoms with E-state index in [1.807, 2.05) is 0 Å². The second kappa shape index (κ2) is 7.16. The molecule has 0 aliphatic heterocycles. The van der Waals surface area contributed by atoms with E-state index < -0.39 is 0 Å². The molecule has 4 heteroatoms. The van der Waals surface area contributed by atoms with Crippen molar-refractivity contribution >= 4 is 29.1 Å². The van der Waals surface area contributed by atoms with Crippen LogP contribution in [0.15, 0.2) is 18.2 Å². The maximum Gasteiger partial charge on any atom is 0.252 e. The molecule has 0 bridgehead atoms. The average Bonchev–Trinajstić information content (AvgIpc) is 2.31. The zero-order chi connectivity index (χ0) is 14.6. The van der Waals surface area contributed by atoms with Crippen LogP contribution in [0.3, 0.4) is 0 Å². The number of hydrogen-bond donors (Lipinski definition) is 1. The summed E-state index contributed by atoms with van der Waals surface area (Å²) < 4.78 is 0. The highest BCUT2D eigenvalue weighted by Gasteiger charge is 2.19. The van der Waals surface area contributed by atoms with Gasteiger partial charge in [0.05, 0.1) is 15.6 Å². The Kier molecular flexibility index (Phi) is 6.15. The molecule has 1 aromatic rings. The highest BCUT2D eigenvalue weighted by Crippen LogP contribution is 2.25. The first kappa shape index (κ1) is 16.3. The molecule has 0 saturated carbocycles. The van der Waals surface area contributed by atoms with Crippen molar-refractivity contribution in [3.8, 4) is 0 Å². The Hall–Kier alpha value is -0.730. The van der Waals surface area contributed by atoms with Gasteiger partial charge in [0.1, 0.15) is 0 Å². The molecule has 0 aromatic heterocycles. The SMILES string of the molecule is CC(C)C(CNC(=O)c1cccc(Cl)c1Cl)C(C)C. The van der Waals surface area contributed by atoms with Crippen molar-refractivity contribution in [1.82, 2.24) is 5.32 Å². The summed E-state index contributed by atoms with van der Waals surface area (Å²) >= 11 is 11.9. The van der Waals surface area contributed by atoms with E-state index in [9.17, 15) is 4.79 Å². The van der Waals surface area contributed by atoms with Crippen LogP contribution < -0.4 is 5.32 Å². The molecule has 0 aliphatic rings. The summed E-state index contributed by atoms with van der Waals surface area (Å²) in [5.41, 5.74) is 0.431. The summed E-state index contributed by atoms with van der Waals surface area (Å²) in [7, 11) is 0. The first-order valence-electron chi connectivity index (χ1n) is 6.56. The lowest BCUT2D eigenvalue weighted by atomic mass is 9.85. The van der Waals surface area contributed by atoms with Gasteiger partial charge in [0.15, 0.2) is 0 Å². The zero-order valence-electron chi connectivity index (χ0n) is 11.8. The fourth-order valence-electron chi connectivity index (χ4n) is 2.23. The normalized spacial score (nSPS) is 11.4. The fourth-order valence-corrected chi connectivity index (χ4v) is 2.61. The molecule has 0 radical (unpaired) electrons. The van der Waals surface area contributed by atoms with Crippen LogP contribution >= 0.6 is 23.2 Å². The zero-order valence-corrected chi connectivity index (χ0v) is 13.3. The first-order valence-corrected chi connectivity index (χ1v) is 7.32.